The molecule has 3 rings (SSSR count). The number of aryl methyl sites for hydroxylation is 1. The zero-order valence-electron chi connectivity index (χ0n) is 15.2. The molecule has 2 aromatic rings. The number of aromatic nitrogens is 4. The second kappa shape index (κ2) is 6.95. The number of nitrogens with zero attached hydrogens (tertiary/aromatic N) is 5. The van der Waals surface area contributed by atoms with E-state index < -0.39 is 5.97 Å². The number of carbonyl (C=O) groups is 1. The Morgan fingerprint density at radius 1 is 1.48 bits per heavy atom. The zero-order chi connectivity index (χ0) is 18.1. The van der Waals surface area contributed by atoms with Gasteiger partial charge in [-0.05, 0) is 39.2 Å². The van der Waals surface area contributed by atoms with E-state index >= 15 is 0 Å². The van der Waals surface area contributed by atoms with Crippen molar-refractivity contribution < 1.29 is 14.4 Å². The molecule has 8 nitrogen and oxygen atoms in total. The minimum absolute atomic E-state index is 0.197. The van der Waals surface area contributed by atoms with Crippen molar-refractivity contribution in [3.8, 4) is 0 Å². The van der Waals surface area contributed by atoms with E-state index in [1.807, 2.05) is 11.7 Å². The highest BCUT2D eigenvalue weighted by molar-refractivity contribution is 5.87. The van der Waals surface area contributed by atoms with Crippen molar-refractivity contribution in [2.45, 2.75) is 59.2 Å². The first-order valence-corrected chi connectivity index (χ1v) is 8.66. The van der Waals surface area contributed by atoms with Gasteiger partial charge in [-0.25, -0.2) is 4.79 Å². The molecule has 8 heteroatoms. The molecule has 1 N–H and O–H groups in total. The van der Waals surface area contributed by atoms with Crippen LogP contribution in [0.5, 0.6) is 0 Å². The van der Waals surface area contributed by atoms with Crippen molar-refractivity contribution in [3.05, 3.63) is 28.7 Å². The summed E-state index contributed by atoms with van der Waals surface area (Å²) in [6.07, 6.45) is 2.47. The van der Waals surface area contributed by atoms with Crippen LogP contribution in [0.2, 0.25) is 0 Å². The van der Waals surface area contributed by atoms with Crippen LogP contribution in [0.3, 0.4) is 0 Å². The standard InChI is InChI=1S/C17H25N5O3/c1-10(2)8-22-14-6-5-12(7-13(14)16(19-22)17(23)24)21(4)9-15-18-11(3)20-25-15/h10,12H,5-9H2,1-4H3,(H,23,24)/t12-/m1/s1. The van der Waals surface area contributed by atoms with Crippen LogP contribution in [0, 0.1) is 12.8 Å². The average Bonchev–Trinajstić information content (AvgIpc) is 3.10. The van der Waals surface area contributed by atoms with Gasteiger partial charge < -0.3 is 9.63 Å². The fraction of sp³-hybridized carbons (Fsp3) is 0.647. The van der Waals surface area contributed by atoms with E-state index in [2.05, 4.69) is 34.0 Å². The first-order chi connectivity index (χ1) is 11.8. The molecule has 0 saturated heterocycles. The summed E-state index contributed by atoms with van der Waals surface area (Å²) < 4.78 is 7.08. The fourth-order valence-electron chi connectivity index (χ4n) is 3.46. The third kappa shape index (κ3) is 3.73. The summed E-state index contributed by atoms with van der Waals surface area (Å²) in [4.78, 5) is 18.0. The normalized spacial score (nSPS) is 17.3. The fourth-order valence-corrected chi connectivity index (χ4v) is 3.46. The van der Waals surface area contributed by atoms with Gasteiger partial charge in [0.1, 0.15) is 0 Å². The summed E-state index contributed by atoms with van der Waals surface area (Å²) in [5, 5.41) is 17.7. The Morgan fingerprint density at radius 3 is 2.84 bits per heavy atom. The van der Waals surface area contributed by atoms with Crippen LogP contribution in [0.4, 0.5) is 0 Å². The smallest absolute Gasteiger partial charge is 0.356 e. The highest BCUT2D eigenvalue weighted by Crippen LogP contribution is 2.28. The maximum atomic E-state index is 11.6. The first kappa shape index (κ1) is 17.6. The number of aromatic carboxylic acids is 1. The SMILES string of the molecule is Cc1noc(CN(C)[C@@H]2CCc3c(c(C(=O)O)nn3CC(C)C)C2)n1. The third-order valence-electron chi connectivity index (χ3n) is 4.64. The number of hydrogen-bond acceptors (Lipinski definition) is 6. The molecule has 0 saturated carbocycles. The Balaban J connectivity index is 1.79. The van der Waals surface area contributed by atoms with Crippen molar-refractivity contribution >= 4 is 5.97 Å². The van der Waals surface area contributed by atoms with Crippen LogP contribution >= 0.6 is 0 Å². The maximum absolute atomic E-state index is 11.6. The Hall–Kier alpha value is -2.22. The Kier molecular flexibility index (Phi) is 4.89. The zero-order valence-corrected chi connectivity index (χ0v) is 15.2. The van der Waals surface area contributed by atoms with Crippen LogP contribution in [0.25, 0.3) is 0 Å². The van der Waals surface area contributed by atoms with Gasteiger partial charge in [0.15, 0.2) is 11.5 Å². The first-order valence-electron chi connectivity index (χ1n) is 8.66. The quantitative estimate of drug-likeness (QED) is 0.852. The predicted molar refractivity (Wildman–Crippen MR) is 90.3 cm³/mol. The number of hydrogen-bond donors (Lipinski definition) is 1. The van der Waals surface area contributed by atoms with Gasteiger partial charge in [0.05, 0.1) is 6.54 Å². The number of carboxylic acids is 1. The number of rotatable bonds is 6. The molecular formula is C17H25N5O3. The van der Waals surface area contributed by atoms with E-state index in [0.29, 0.717) is 30.6 Å². The molecule has 0 radical (unpaired) electrons. The molecule has 0 spiro atoms. The summed E-state index contributed by atoms with van der Waals surface area (Å²) in [6, 6.07) is 0.231. The van der Waals surface area contributed by atoms with Crippen molar-refractivity contribution in [2.75, 3.05) is 7.05 Å². The van der Waals surface area contributed by atoms with Crippen LogP contribution in [-0.2, 0) is 25.9 Å². The van der Waals surface area contributed by atoms with E-state index in [-0.39, 0.29) is 11.7 Å². The van der Waals surface area contributed by atoms with Gasteiger partial charge >= 0.3 is 5.97 Å². The van der Waals surface area contributed by atoms with Crippen molar-refractivity contribution in [3.63, 3.8) is 0 Å². The lowest BCUT2D eigenvalue weighted by atomic mass is 9.90. The molecule has 0 fully saturated rings. The van der Waals surface area contributed by atoms with Gasteiger partial charge in [0, 0.05) is 23.8 Å². The molecule has 0 amide bonds. The molecule has 25 heavy (non-hydrogen) atoms. The monoisotopic (exact) mass is 347 g/mol. The molecule has 0 aliphatic heterocycles. The van der Waals surface area contributed by atoms with Gasteiger partial charge in [0.25, 0.3) is 0 Å². The molecule has 136 valence electrons. The number of fused-ring (bicyclic) bond motifs is 1. The summed E-state index contributed by atoms with van der Waals surface area (Å²) in [7, 11) is 2.01. The average molecular weight is 347 g/mol. The van der Waals surface area contributed by atoms with Gasteiger partial charge in [-0.1, -0.05) is 19.0 Å². The Bertz CT molecular complexity index is 764. The highest BCUT2D eigenvalue weighted by Gasteiger charge is 2.31. The lowest BCUT2D eigenvalue weighted by molar-refractivity contribution is 0.0687. The molecule has 1 atom stereocenters. The van der Waals surface area contributed by atoms with Crippen LogP contribution in [0.15, 0.2) is 4.52 Å². The largest absolute Gasteiger partial charge is 0.476 e. The Morgan fingerprint density at radius 2 is 2.24 bits per heavy atom. The summed E-state index contributed by atoms with van der Waals surface area (Å²) in [6.45, 7) is 7.32. The summed E-state index contributed by atoms with van der Waals surface area (Å²) in [5.41, 5.74) is 2.14. The van der Waals surface area contributed by atoms with Gasteiger partial charge in [0.2, 0.25) is 5.89 Å². The van der Waals surface area contributed by atoms with Crippen LogP contribution < -0.4 is 0 Å². The molecule has 0 bridgehead atoms. The van der Waals surface area contributed by atoms with E-state index in [4.69, 9.17) is 4.52 Å². The topological polar surface area (TPSA) is 97.3 Å². The molecular weight excluding hydrogens is 322 g/mol. The predicted octanol–water partition coefficient (Wildman–Crippen LogP) is 1.92. The number of carboxylic acid groups (broad SMARTS) is 1. The molecule has 2 heterocycles. The second-order valence-corrected chi connectivity index (χ2v) is 7.20. The minimum Gasteiger partial charge on any atom is -0.476 e. The van der Waals surface area contributed by atoms with E-state index in [1.54, 1.807) is 6.92 Å². The van der Waals surface area contributed by atoms with E-state index in [1.165, 1.54) is 0 Å². The lowest BCUT2D eigenvalue weighted by Crippen LogP contribution is -2.36. The third-order valence-corrected chi connectivity index (χ3v) is 4.64. The summed E-state index contributed by atoms with van der Waals surface area (Å²) >= 11 is 0. The lowest BCUT2D eigenvalue weighted by Gasteiger charge is -2.30. The van der Waals surface area contributed by atoms with Gasteiger partial charge in [-0.15, -0.1) is 0 Å². The highest BCUT2D eigenvalue weighted by atomic mass is 16.5. The maximum Gasteiger partial charge on any atom is 0.356 e. The number of likely N-dealkylation sites (N-methyl/N-ethyl adjacent to an activating group) is 1. The molecule has 0 unspecified atom stereocenters. The summed E-state index contributed by atoms with van der Waals surface area (Å²) in [5.74, 6) is 0.679. The molecule has 2 aromatic heterocycles. The van der Waals surface area contributed by atoms with Gasteiger partial charge in [-0.3, -0.25) is 9.58 Å². The van der Waals surface area contributed by atoms with Crippen LogP contribution in [0.1, 0.15) is 53.7 Å². The molecule has 1 aliphatic rings. The van der Waals surface area contributed by atoms with Crippen LogP contribution in [-0.4, -0.2) is 49.0 Å². The van der Waals surface area contributed by atoms with E-state index in [9.17, 15) is 9.90 Å². The van der Waals surface area contributed by atoms with Crippen molar-refractivity contribution in [1.29, 1.82) is 0 Å². The minimum atomic E-state index is -0.949. The van der Waals surface area contributed by atoms with Crippen molar-refractivity contribution in [2.24, 2.45) is 5.92 Å². The van der Waals surface area contributed by atoms with Gasteiger partial charge in [-0.2, -0.15) is 10.1 Å². The Labute approximate surface area is 146 Å². The van der Waals surface area contributed by atoms with Crippen molar-refractivity contribution in [1.82, 2.24) is 24.8 Å². The molecule has 0 aromatic carbocycles. The molecule has 1 aliphatic carbocycles. The second-order valence-electron chi connectivity index (χ2n) is 7.20. The van der Waals surface area contributed by atoms with E-state index in [0.717, 1.165) is 30.6 Å².